The van der Waals surface area contributed by atoms with Gasteiger partial charge in [0.1, 0.15) is 6.04 Å². The van der Waals surface area contributed by atoms with Crippen molar-refractivity contribution in [3.05, 3.63) is 0 Å². The Labute approximate surface area is 91.0 Å². The van der Waals surface area contributed by atoms with Crippen molar-refractivity contribution in [3.63, 3.8) is 0 Å². The highest BCUT2D eigenvalue weighted by atomic mass is 16.5. The van der Waals surface area contributed by atoms with Gasteiger partial charge in [0.05, 0.1) is 7.11 Å². The molecular weight excluding hydrogens is 192 g/mol. The highest BCUT2D eigenvalue weighted by Crippen LogP contribution is 2.20. The SMILES string of the molecule is COC(=O)[C@H]1NCC[C@H]1N1CCCCC1. The van der Waals surface area contributed by atoms with Gasteiger partial charge in [-0.3, -0.25) is 9.69 Å². The minimum atomic E-state index is -0.108. The molecule has 0 spiro atoms. The number of ether oxygens (including phenoxy) is 1. The smallest absolute Gasteiger partial charge is 0.324 e. The van der Waals surface area contributed by atoms with E-state index in [1.165, 1.54) is 26.4 Å². The average Bonchev–Trinajstić information content (AvgIpc) is 2.78. The number of hydrogen-bond acceptors (Lipinski definition) is 4. The lowest BCUT2D eigenvalue weighted by molar-refractivity contribution is -0.144. The van der Waals surface area contributed by atoms with Gasteiger partial charge in [0.15, 0.2) is 0 Å². The van der Waals surface area contributed by atoms with E-state index in [9.17, 15) is 4.79 Å². The molecule has 2 fully saturated rings. The normalized spacial score (nSPS) is 32.9. The molecule has 2 aliphatic heterocycles. The van der Waals surface area contributed by atoms with Crippen LogP contribution in [0.2, 0.25) is 0 Å². The minimum absolute atomic E-state index is 0.104. The molecule has 0 radical (unpaired) electrons. The summed E-state index contributed by atoms with van der Waals surface area (Å²) in [6.45, 7) is 3.21. The number of nitrogens with one attached hydrogen (secondary N) is 1. The van der Waals surface area contributed by atoms with E-state index >= 15 is 0 Å². The van der Waals surface area contributed by atoms with Gasteiger partial charge in [-0.25, -0.2) is 0 Å². The highest BCUT2D eigenvalue weighted by Gasteiger charge is 2.37. The number of likely N-dealkylation sites (tertiary alicyclic amines) is 1. The number of methoxy groups -OCH3 is 1. The van der Waals surface area contributed by atoms with Crippen LogP contribution in [0.15, 0.2) is 0 Å². The van der Waals surface area contributed by atoms with Crippen molar-refractivity contribution in [2.45, 2.75) is 37.8 Å². The largest absolute Gasteiger partial charge is 0.468 e. The summed E-state index contributed by atoms with van der Waals surface area (Å²) >= 11 is 0. The molecule has 0 aromatic heterocycles. The number of carbonyl (C=O) groups excluding carboxylic acids is 1. The van der Waals surface area contributed by atoms with Gasteiger partial charge >= 0.3 is 5.97 Å². The minimum Gasteiger partial charge on any atom is -0.468 e. The van der Waals surface area contributed by atoms with Crippen LogP contribution in [0.3, 0.4) is 0 Å². The summed E-state index contributed by atoms with van der Waals surface area (Å²) in [5.74, 6) is -0.108. The molecule has 0 unspecified atom stereocenters. The molecule has 86 valence electrons. The van der Waals surface area contributed by atoms with Crippen LogP contribution in [0.1, 0.15) is 25.7 Å². The van der Waals surface area contributed by atoms with Crippen molar-refractivity contribution in [1.82, 2.24) is 10.2 Å². The van der Waals surface area contributed by atoms with E-state index in [1.54, 1.807) is 0 Å². The number of nitrogens with zero attached hydrogens (tertiary/aromatic N) is 1. The molecule has 0 aromatic carbocycles. The van der Waals surface area contributed by atoms with Gasteiger partial charge in [0, 0.05) is 6.04 Å². The van der Waals surface area contributed by atoms with Crippen LogP contribution in [0.5, 0.6) is 0 Å². The summed E-state index contributed by atoms with van der Waals surface area (Å²) in [4.78, 5) is 14.0. The number of piperidine rings is 1. The second-order valence-corrected chi connectivity index (χ2v) is 4.41. The van der Waals surface area contributed by atoms with E-state index in [0.29, 0.717) is 6.04 Å². The van der Waals surface area contributed by atoms with Crippen LogP contribution < -0.4 is 5.32 Å². The molecule has 2 heterocycles. The molecule has 2 atom stereocenters. The summed E-state index contributed by atoms with van der Waals surface area (Å²) in [5.41, 5.74) is 0. The van der Waals surface area contributed by atoms with Crippen molar-refractivity contribution in [1.29, 1.82) is 0 Å². The summed E-state index contributed by atoms with van der Waals surface area (Å²) in [7, 11) is 1.47. The Morgan fingerprint density at radius 2 is 2.07 bits per heavy atom. The Hall–Kier alpha value is -0.610. The van der Waals surface area contributed by atoms with E-state index in [1.807, 2.05) is 0 Å². The van der Waals surface area contributed by atoms with Crippen LogP contribution in [-0.4, -0.2) is 49.7 Å². The lowest BCUT2D eigenvalue weighted by Gasteiger charge is -2.34. The predicted molar refractivity (Wildman–Crippen MR) is 57.6 cm³/mol. The Balaban J connectivity index is 1.97. The quantitative estimate of drug-likeness (QED) is 0.672. The van der Waals surface area contributed by atoms with E-state index < -0.39 is 0 Å². The lowest BCUT2D eigenvalue weighted by atomic mass is 10.0. The molecule has 15 heavy (non-hydrogen) atoms. The molecule has 0 saturated carbocycles. The van der Waals surface area contributed by atoms with E-state index in [2.05, 4.69) is 10.2 Å². The van der Waals surface area contributed by atoms with Crippen LogP contribution in [-0.2, 0) is 9.53 Å². The molecular formula is C11H20N2O2. The van der Waals surface area contributed by atoms with Gasteiger partial charge in [-0.1, -0.05) is 6.42 Å². The van der Waals surface area contributed by atoms with Crippen LogP contribution in [0.25, 0.3) is 0 Å². The fourth-order valence-electron chi connectivity index (χ4n) is 2.70. The second kappa shape index (κ2) is 4.94. The number of esters is 1. The fraction of sp³-hybridized carbons (Fsp3) is 0.909. The standard InChI is InChI=1S/C11H20N2O2/c1-15-11(14)10-9(5-6-12-10)13-7-3-2-4-8-13/h9-10,12H,2-8H2,1H3/t9-,10+/m1/s1. The zero-order chi connectivity index (χ0) is 10.7. The van der Waals surface area contributed by atoms with Crippen molar-refractivity contribution in [2.24, 2.45) is 0 Å². The van der Waals surface area contributed by atoms with Crippen molar-refractivity contribution >= 4 is 5.97 Å². The first-order chi connectivity index (χ1) is 7.33. The van der Waals surface area contributed by atoms with Crippen LogP contribution >= 0.6 is 0 Å². The van der Waals surface area contributed by atoms with Gasteiger partial charge in [-0.15, -0.1) is 0 Å². The first-order valence-corrected chi connectivity index (χ1v) is 5.88. The first kappa shape index (κ1) is 10.9. The van der Waals surface area contributed by atoms with Gasteiger partial charge in [-0.05, 0) is 38.9 Å². The summed E-state index contributed by atoms with van der Waals surface area (Å²) in [5, 5.41) is 3.24. The maximum atomic E-state index is 11.6. The monoisotopic (exact) mass is 212 g/mol. The van der Waals surface area contributed by atoms with Gasteiger partial charge in [-0.2, -0.15) is 0 Å². The van der Waals surface area contributed by atoms with Crippen molar-refractivity contribution < 1.29 is 9.53 Å². The Bertz CT molecular complexity index is 227. The predicted octanol–water partition coefficient (Wildman–Crippen LogP) is 0.376. The van der Waals surface area contributed by atoms with Gasteiger partial charge in [0.25, 0.3) is 0 Å². The van der Waals surface area contributed by atoms with E-state index in [4.69, 9.17) is 4.74 Å². The Morgan fingerprint density at radius 1 is 1.33 bits per heavy atom. The third kappa shape index (κ3) is 2.32. The van der Waals surface area contributed by atoms with Crippen molar-refractivity contribution in [2.75, 3.05) is 26.7 Å². The first-order valence-electron chi connectivity index (χ1n) is 5.88. The Morgan fingerprint density at radius 3 is 2.73 bits per heavy atom. The van der Waals surface area contributed by atoms with E-state index in [0.717, 1.165) is 26.1 Å². The number of rotatable bonds is 2. The number of hydrogen-bond donors (Lipinski definition) is 1. The molecule has 4 nitrogen and oxygen atoms in total. The molecule has 0 amide bonds. The molecule has 2 aliphatic rings. The zero-order valence-electron chi connectivity index (χ0n) is 9.37. The lowest BCUT2D eigenvalue weighted by Crippen LogP contribution is -2.50. The molecule has 2 rings (SSSR count). The molecule has 2 saturated heterocycles. The summed E-state index contributed by atoms with van der Waals surface area (Å²) < 4.78 is 4.83. The third-order valence-electron chi connectivity index (χ3n) is 3.50. The second-order valence-electron chi connectivity index (χ2n) is 4.41. The molecule has 4 heteroatoms. The zero-order valence-corrected chi connectivity index (χ0v) is 9.37. The number of carbonyl (C=O) groups is 1. The van der Waals surface area contributed by atoms with E-state index in [-0.39, 0.29) is 12.0 Å². The molecule has 0 aliphatic carbocycles. The maximum Gasteiger partial charge on any atom is 0.324 e. The van der Waals surface area contributed by atoms with Crippen molar-refractivity contribution in [3.8, 4) is 0 Å². The third-order valence-corrected chi connectivity index (χ3v) is 3.50. The summed E-state index contributed by atoms with van der Waals surface area (Å²) in [6, 6.07) is 0.255. The summed E-state index contributed by atoms with van der Waals surface area (Å²) in [6.07, 6.45) is 4.94. The van der Waals surface area contributed by atoms with Gasteiger partial charge < -0.3 is 10.1 Å². The highest BCUT2D eigenvalue weighted by molar-refractivity contribution is 5.77. The maximum absolute atomic E-state index is 11.6. The fourth-order valence-corrected chi connectivity index (χ4v) is 2.70. The van der Waals surface area contributed by atoms with Crippen LogP contribution in [0.4, 0.5) is 0 Å². The Kier molecular flexibility index (Phi) is 3.59. The van der Waals surface area contributed by atoms with Gasteiger partial charge in [0.2, 0.25) is 0 Å². The van der Waals surface area contributed by atoms with Crippen LogP contribution in [0, 0.1) is 0 Å². The molecule has 0 bridgehead atoms. The molecule has 0 aromatic rings. The average molecular weight is 212 g/mol. The molecule has 1 N–H and O–H groups in total. The topological polar surface area (TPSA) is 41.6 Å².